The van der Waals surface area contributed by atoms with E-state index < -0.39 is 0 Å². The summed E-state index contributed by atoms with van der Waals surface area (Å²) in [6.07, 6.45) is 2.30. The van der Waals surface area contributed by atoms with Crippen molar-refractivity contribution < 1.29 is 4.74 Å². The number of benzene rings is 1. The highest BCUT2D eigenvalue weighted by molar-refractivity contribution is 6.34. The van der Waals surface area contributed by atoms with E-state index in [4.69, 9.17) is 22.1 Å². The number of nitrogens with zero attached hydrogens (tertiary/aromatic N) is 2. The molecule has 1 aromatic rings. The molecule has 0 spiro atoms. The summed E-state index contributed by atoms with van der Waals surface area (Å²) in [5.74, 6) is 0.745. The number of hydrogen-bond acceptors (Lipinski definition) is 4. The Kier molecular flexibility index (Phi) is 5.95. The van der Waals surface area contributed by atoms with E-state index in [0.717, 1.165) is 57.1 Å². The van der Waals surface area contributed by atoms with Crippen molar-refractivity contribution in [1.29, 1.82) is 0 Å². The van der Waals surface area contributed by atoms with Crippen molar-refractivity contribution >= 4 is 17.3 Å². The minimum atomic E-state index is 0.714. The predicted octanol–water partition coefficient (Wildman–Crippen LogP) is 2.21. The molecule has 2 N–H and O–H groups in total. The van der Waals surface area contributed by atoms with E-state index in [9.17, 15) is 0 Å². The van der Waals surface area contributed by atoms with E-state index in [-0.39, 0.29) is 0 Å². The quantitative estimate of drug-likeness (QED) is 0.818. The van der Waals surface area contributed by atoms with Gasteiger partial charge in [0.2, 0.25) is 0 Å². The summed E-state index contributed by atoms with van der Waals surface area (Å²) in [6.45, 7) is 6.12. The van der Waals surface area contributed by atoms with Crippen LogP contribution >= 0.6 is 11.6 Å². The van der Waals surface area contributed by atoms with Gasteiger partial charge >= 0.3 is 0 Å². The van der Waals surface area contributed by atoms with Gasteiger partial charge in [0, 0.05) is 26.2 Å². The van der Waals surface area contributed by atoms with E-state index in [0.29, 0.717) is 5.02 Å². The molecule has 0 aliphatic carbocycles. The fraction of sp³-hybridized carbons (Fsp3) is 0.600. The third kappa shape index (κ3) is 3.78. The van der Waals surface area contributed by atoms with Gasteiger partial charge in [-0.25, -0.2) is 0 Å². The van der Waals surface area contributed by atoms with E-state index in [1.54, 1.807) is 7.11 Å². The molecule has 0 bridgehead atoms. The van der Waals surface area contributed by atoms with Crippen LogP contribution < -0.4 is 15.4 Å². The van der Waals surface area contributed by atoms with E-state index in [2.05, 4.69) is 15.9 Å². The largest absolute Gasteiger partial charge is 0.495 e. The van der Waals surface area contributed by atoms with Crippen LogP contribution in [-0.4, -0.2) is 51.3 Å². The maximum atomic E-state index is 6.39. The van der Waals surface area contributed by atoms with Crippen molar-refractivity contribution in [2.24, 2.45) is 5.73 Å². The van der Waals surface area contributed by atoms with E-state index in [1.807, 2.05) is 12.1 Å². The molecule has 1 aliphatic heterocycles. The molecule has 4 nitrogen and oxygen atoms in total. The van der Waals surface area contributed by atoms with Crippen LogP contribution in [0.5, 0.6) is 5.75 Å². The Hall–Kier alpha value is -0.970. The number of anilines is 1. The Morgan fingerprint density at radius 1 is 1.20 bits per heavy atom. The Labute approximate surface area is 126 Å². The molecule has 1 aromatic carbocycles. The van der Waals surface area contributed by atoms with Crippen LogP contribution in [0, 0.1) is 0 Å². The predicted molar refractivity (Wildman–Crippen MR) is 84.9 cm³/mol. The summed E-state index contributed by atoms with van der Waals surface area (Å²) in [5.41, 5.74) is 6.61. The number of ether oxygens (including phenoxy) is 1. The Morgan fingerprint density at radius 2 is 1.95 bits per heavy atom. The zero-order valence-corrected chi connectivity index (χ0v) is 12.9. The first-order valence-electron chi connectivity index (χ1n) is 7.26. The van der Waals surface area contributed by atoms with Crippen molar-refractivity contribution in [2.75, 3.05) is 51.3 Å². The average molecular weight is 298 g/mol. The van der Waals surface area contributed by atoms with Crippen LogP contribution in [0.1, 0.15) is 12.8 Å². The van der Waals surface area contributed by atoms with Crippen molar-refractivity contribution in [3.05, 3.63) is 23.2 Å². The van der Waals surface area contributed by atoms with Gasteiger partial charge in [-0.1, -0.05) is 17.7 Å². The molecule has 1 heterocycles. The molecule has 0 aromatic heterocycles. The summed E-state index contributed by atoms with van der Waals surface area (Å²) in [5, 5.41) is 0.714. The van der Waals surface area contributed by atoms with Gasteiger partial charge in [-0.15, -0.1) is 0 Å². The first-order valence-corrected chi connectivity index (χ1v) is 7.64. The topological polar surface area (TPSA) is 41.7 Å². The molecule has 0 amide bonds. The maximum absolute atomic E-state index is 6.39. The minimum absolute atomic E-state index is 0.714. The summed E-state index contributed by atoms with van der Waals surface area (Å²) >= 11 is 6.39. The van der Waals surface area contributed by atoms with Gasteiger partial charge in [0.25, 0.3) is 0 Å². The van der Waals surface area contributed by atoms with Gasteiger partial charge in [0.15, 0.2) is 0 Å². The molecule has 1 saturated heterocycles. The van der Waals surface area contributed by atoms with Crippen LogP contribution in [0.3, 0.4) is 0 Å². The van der Waals surface area contributed by atoms with Crippen LogP contribution in [0.25, 0.3) is 0 Å². The van der Waals surface area contributed by atoms with Crippen molar-refractivity contribution in [2.45, 2.75) is 12.8 Å². The first kappa shape index (κ1) is 15.4. The molecule has 0 unspecified atom stereocenters. The lowest BCUT2D eigenvalue weighted by Crippen LogP contribution is -2.46. The summed E-state index contributed by atoms with van der Waals surface area (Å²) < 4.78 is 5.28. The molecule has 0 saturated carbocycles. The number of hydrogen-bond donors (Lipinski definition) is 1. The van der Waals surface area contributed by atoms with Gasteiger partial charge in [-0.05, 0) is 38.1 Å². The number of nitrogens with two attached hydrogens (primary N) is 1. The normalized spacial score (nSPS) is 16.4. The summed E-state index contributed by atoms with van der Waals surface area (Å²) in [7, 11) is 1.65. The second-order valence-electron chi connectivity index (χ2n) is 5.12. The zero-order valence-electron chi connectivity index (χ0n) is 12.1. The monoisotopic (exact) mass is 297 g/mol. The van der Waals surface area contributed by atoms with Gasteiger partial charge in [-0.2, -0.15) is 0 Å². The second kappa shape index (κ2) is 7.72. The highest BCUT2D eigenvalue weighted by Gasteiger charge is 2.19. The SMILES string of the molecule is COc1cccc(N2CCN(CCCCN)CC2)c1Cl. The molecule has 112 valence electrons. The molecule has 2 rings (SSSR count). The molecule has 0 atom stereocenters. The van der Waals surface area contributed by atoms with E-state index >= 15 is 0 Å². The Balaban J connectivity index is 1.90. The second-order valence-corrected chi connectivity index (χ2v) is 5.50. The van der Waals surface area contributed by atoms with Gasteiger partial charge in [0.1, 0.15) is 10.8 Å². The average Bonchev–Trinajstić information content (AvgIpc) is 2.49. The van der Waals surface area contributed by atoms with Gasteiger partial charge in [-0.3, -0.25) is 4.90 Å². The summed E-state index contributed by atoms with van der Waals surface area (Å²) in [4.78, 5) is 4.84. The van der Waals surface area contributed by atoms with Crippen LogP contribution in [-0.2, 0) is 0 Å². The first-order chi connectivity index (χ1) is 9.76. The number of methoxy groups -OCH3 is 1. The molecular formula is C15H24ClN3O. The molecule has 20 heavy (non-hydrogen) atoms. The molecule has 0 radical (unpaired) electrons. The van der Waals surface area contributed by atoms with Crippen molar-refractivity contribution in [1.82, 2.24) is 4.90 Å². The third-order valence-corrected chi connectivity index (χ3v) is 4.18. The fourth-order valence-electron chi connectivity index (χ4n) is 2.59. The lowest BCUT2D eigenvalue weighted by molar-refractivity contribution is 0.253. The Bertz CT molecular complexity index is 420. The van der Waals surface area contributed by atoms with E-state index in [1.165, 1.54) is 6.42 Å². The molecular weight excluding hydrogens is 274 g/mol. The standard InChI is InChI=1S/C15H24ClN3O/c1-20-14-6-4-5-13(15(14)16)19-11-9-18(10-12-19)8-3-2-7-17/h4-6H,2-3,7-12,17H2,1H3. The third-order valence-electron chi connectivity index (χ3n) is 3.80. The molecule has 1 aliphatic rings. The van der Waals surface area contributed by atoms with Crippen LogP contribution in [0.2, 0.25) is 5.02 Å². The number of rotatable bonds is 6. The number of halogens is 1. The lowest BCUT2D eigenvalue weighted by Gasteiger charge is -2.36. The van der Waals surface area contributed by atoms with Gasteiger partial charge < -0.3 is 15.4 Å². The van der Waals surface area contributed by atoms with Crippen LogP contribution in [0.4, 0.5) is 5.69 Å². The van der Waals surface area contributed by atoms with Gasteiger partial charge in [0.05, 0.1) is 12.8 Å². The number of unbranched alkanes of at least 4 members (excludes halogenated alkanes) is 1. The minimum Gasteiger partial charge on any atom is -0.495 e. The Morgan fingerprint density at radius 3 is 2.60 bits per heavy atom. The highest BCUT2D eigenvalue weighted by Crippen LogP contribution is 2.34. The fourth-order valence-corrected chi connectivity index (χ4v) is 2.92. The van der Waals surface area contributed by atoms with Crippen LogP contribution in [0.15, 0.2) is 18.2 Å². The van der Waals surface area contributed by atoms with Crippen molar-refractivity contribution in [3.8, 4) is 5.75 Å². The highest BCUT2D eigenvalue weighted by atomic mass is 35.5. The lowest BCUT2D eigenvalue weighted by atomic mass is 10.2. The number of piperazine rings is 1. The maximum Gasteiger partial charge on any atom is 0.139 e. The molecule has 5 heteroatoms. The summed E-state index contributed by atoms with van der Waals surface area (Å²) in [6, 6.07) is 5.96. The van der Waals surface area contributed by atoms with Crippen molar-refractivity contribution in [3.63, 3.8) is 0 Å². The molecule has 1 fully saturated rings. The zero-order chi connectivity index (χ0) is 14.4. The smallest absolute Gasteiger partial charge is 0.139 e.